The Kier molecular flexibility index (Phi) is 3.13. The van der Waals surface area contributed by atoms with Crippen LogP contribution in [0.3, 0.4) is 0 Å². The van der Waals surface area contributed by atoms with Gasteiger partial charge in [0.25, 0.3) is 0 Å². The molecule has 0 aromatic heterocycles. The summed E-state index contributed by atoms with van der Waals surface area (Å²) in [4.78, 5) is 2.41. The van der Waals surface area contributed by atoms with Crippen LogP contribution in [-0.4, -0.2) is 37.7 Å². The Morgan fingerprint density at radius 3 is 2.25 bits per heavy atom. The lowest BCUT2D eigenvalue weighted by molar-refractivity contribution is -0.128. The van der Waals surface area contributed by atoms with Crippen molar-refractivity contribution in [3.63, 3.8) is 0 Å². The van der Waals surface area contributed by atoms with E-state index in [4.69, 9.17) is 4.74 Å². The monoisotopic (exact) mass is 171 g/mol. The van der Waals surface area contributed by atoms with Crippen LogP contribution < -0.4 is 0 Å². The van der Waals surface area contributed by atoms with Crippen molar-refractivity contribution in [1.82, 2.24) is 4.90 Å². The normalized spacial score (nSPS) is 21.5. The molecule has 12 heavy (non-hydrogen) atoms. The van der Waals surface area contributed by atoms with Gasteiger partial charge in [-0.25, -0.2) is 0 Å². The second-order valence-electron chi connectivity index (χ2n) is 4.36. The second-order valence-corrected chi connectivity index (χ2v) is 4.36. The van der Waals surface area contributed by atoms with Crippen molar-refractivity contribution in [2.45, 2.75) is 33.2 Å². The number of ether oxygens (including phenoxy) is 1. The summed E-state index contributed by atoms with van der Waals surface area (Å²) in [5.41, 5.74) is 0.471. The molecule has 0 aromatic carbocycles. The highest BCUT2D eigenvalue weighted by Crippen LogP contribution is 2.32. The van der Waals surface area contributed by atoms with Gasteiger partial charge in [-0.1, -0.05) is 6.92 Å². The Bertz CT molecular complexity index is 135. The first-order chi connectivity index (χ1) is 5.59. The van der Waals surface area contributed by atoms with E-state index in [-0.39, 0.29) is 0 Å². The van der Waals surface area contributed by atoms with E-state index in [1.165, 1.54) is 13.0 Å². The number of nitrogens with zero attached hydrogens (tertiary/aromatic N) is 1. The van der Waals surface area contributed by atoms with E-state index >= 15 is 0 Å². The Morgan fingerprint density at radius 1 is 1.42 bits per heavy atom. The molecule has 0 aromatic rings. The lowest BCUT2D eigenvalue weighted by Gasteiger charge is -2.44. The fourth-order valence-electron chi connectivity index (χ4n) is 1.51. The predicted octanol–water partition coefficient (Wildman–Crippen LogP) is 1.75. The lowest BCUT2D eigenvalue weighted by atomic mass is 9.82. The molecule has 0 radical (unpaired) electrons. The van der Waals surface area contributed by atoms with Gasteiger partial charge in [0.15, 0.2) is 0 Å². The molecule has 0 spiro atoms. The third-order valence-corrected chi connectivity index (χ3v) is 3.03. The van der Waals surface area contributed by atoms with Gasteiger partial charge in [0.1, 0.15) is 0 Å². The predicted molar refractivity (Wildman–Crippen MR) is 51.3 cm³/mol. The zero-order valence-corrected chi connectivity index (χ0v) is 8.76. The summed E-state index contributed by atoms with van der Waals surface area (Å²) in [6.07, 6.45) is 1.24. The first-order valence-electron chi connectivity index (χ1n) is 4.88. The summed E-state index contributed by atoms with van der Waals surface area (Å²) in [7, 11) is 2.19. The topological polar surface area (TPSA) is 12.5 Å². The summed E-state index contributed by atoms with van der Waals surface area (Å²) in [6, 6.07) is 0.647. The molecular weight excluding hydrogens is 150 g/mol. The largest absolute Gasteiger partial charge is 0.380 e. The number of hydrogen-bond donors (Lipinski definition) is 0. The molecule has 0 bridgehead atoms. The van der Waals surface area contributed by atoms with Gasteiger partial charge in [0.2, 0.25) is 0 Å². The molecule has 0 aliphatic carbocycles. The third kappa shape index (κ3) is 1.99. The maximum absolute atomic E-state index is 5.28. The van der Waals surface area contributed by atoms with E-state index in [1.807, 2.05) is 0 Å². The van der Waals surface area contributed by atoms with Gasteiger partial charge in [-0.2, -0.15) is 0 Å². The van der Waals surface area contributed by atoms with Crippen molar-refractivity contribution in [2.75, 3.05) is 26.8 Å². The van der Waals surface area contributed by atoms with Gasteiger partial charge in [-0.3, -0.25) is 0 Å². The van der Waals surface area contributed by atoms with Crippen molar-refractivity contribution in [3.05, 3.63) is 0 Å². The Balaban J connectivity index is 2.37. The Hall–Kier alpha value is -0.0800. The fraction of sp³-hybridized carbons (Fsp3) is 1.00. The highest BCUT2D eigenvalue weighted by Gasteiger charge is 2.37. The molecular formula is C10H21NO. The molecule has 1 rings (SSSR count). The molecule has 0 N–H and O–H groups in total. The Labute approximate surface area is 75.9 Å². The van der Waals surface area contributed by atoms with Crippen LogP contribution in [0.15, 0.2) is 0 Å². The average molecular weight is 171 g/mol. The summed E-state index contributed by atoms with van der Waals surface area (Å²) in [6.45, 7) is 9.84. The Morgan fingerprint density at radius 2 is 2.00 bits per heavy atom. The molecule has 72 valence electrons. The van der Waals surface area contributed by atoms with Gasteiger partial charge in [0, 0.05) is 18.0 Å². The van der Waals surface area contributed by atoms with Gasteiger partial charge < -0.3 is 9.64 Å². The smallest absolute Gasteiger partial charge is 0.0557 e. The molecule has 1 saturated heterocycles. The van der Waals surface area contributed by atoms with Crippen molar-refractivity contribution in [3.8, 4) is 0 Å². The summed E-state index contributed by atoms with van der Waals surface area (Å²) in [5.74, 6) is 0. The minimum absolute atomic E-state index is 0.471. The first-order valence-corrected chi connectivity index (χ1v) is 4.88. The van der Waals surface area contributed by atoms with Crippen LogP contribution in [-0.2, 0) is 4.74 Å². The minimum atomic E-state index is 0.471. The molecule has 1 aliphatic rings. The zero-order chi connectivity index (χ0) is 9.19. The van der Waals surface area contributed by atoms with Gasteiger partial charge in [0.05, 0.1) is 13.2 Å². The van der Waals surface area contributed by atoms with Crippen LogP contribution >= 0.6 is 0 Å². The van der Waals surface area contributed by atoms with E-state index < -0.39 is 0 Å². The molecule has 0 amide bonds. The van der Waals surface area contributed by atoms with Crippen molar-refractivity contribution < 1.29 is 4.74 Å². The van der Waals surface area contributed by atoms with Crippen molar-refractivity contribution in [2.24, 2.45) is 5.41 Å². The van der Waals surface area contributed by atoms with Gasteiger partial charge in [-0.15, -0.1) is 0 Å². The second kappa shape index (κ2) is 3.75. The first kappa shape index (κ1) is 10.0. The van der Waals surface area contributed by atoms with E-state index in [0.717, 1.165) is 13.2 Å². The molecule has 0 unspecified atom stereocenters. The van der Waals surface area contributed by atoms with E-state index in [2.05, 4.69) is 32.7 Å². The average Bonchev–Trinajstić information content (AvgIpc) is 1.96. The van der Waals surface area contributed by atoms with Crippen LogP contribution in [0.5, 0.6) is 0 Å². The molecule has 1 fully saturated rings. The van der Waals surface area contributed by atoms with Crippen LogP contribution in [0.2, 0.25) is 0 Å². The minimum Gasteiger partial charge on any atom is -0.380 e. The number of hydrogen-bond acceptors (Lipinski definition) is 2. The van der Waals surface area contributed by atoms with Crippen molar-refractivity contribution in [1.29, 1.82) is 0 Å². The van der Waals surface area contributed by atoms with E-state index in [9.17, 15) is 0 Å². The van der Waals surface area contributed by atoms with Crippen LogP contribution in [0.4, 0.5) is 0 Å². The SMILES string of the molecule is CCC1(CN(C)C(C)C)COC1. The fourth-order valence-corrected chi connectivity index (χ4v) is 1.51. The molecule has 0 atom stereocenters. The number of rotatable bonds is 4. The molecule has 2 heteroatoms. The standard InChI is InChI=1S/C10H21NO/c1-5-10(7-12-8-10)6-11(4)9(2)3/h9H,5-8H2,1-4H3. The summed E-state index contributed by atoms with van der Waals surface area (Å²) < 4.78 is 5.28. The van der Waals surface area contributed by atoms with E-state index in [1.54, 1.807) is 0 Å². The molecule has 2 nitrogen and oxygen atoms in total. The van der Waals surface area contributed by atoms with Crippen LogP contribution in [0.1, 0.15) is 27.2 Å². The van der Waals surface area contributed by atoms with Gasteiger partial charge in [-0.05, 0) is 27.3 Å². The highest BCUT2D eigenvalue weighted by atomic mass is 16.5. The maximum Gasteiger partial charge on any atom is 0.0557 e. The van der Waals surface area contributed by atoms with Crippen molar-refractivity contribution >= 4 is 0 Å². The summed E-state index contributed by atoms with van der Waals surface area (Å²) >= 11 is 0. The third-order valence-electron chi connectivity index (χ3n) is 3.03. The molecule has 1 aliphatic heterocycles. The van der Waals surface area contributed by atoms with Crippen LogP contribution in [0, 0.1) is 5.41 Å². The zero-order valence-electron chi connectivity index (χ0n) is 8.76. The maximum atomic E-state index is 5.28. The quantitative estimate of drug-likeness (QED) is 0.639. The summed E-state index contributed by atoms with van der Waals surface area (Å²) in [5, 5.41) is 0. The van der Waals surface area contributed by atoms with Crippen LogP contribution in [0.25, 0.3) is 0 Å². The van der Waals surface area contributed by atoms with Gasteiger partial charge >= 0.3 is 0 Å². The molecule has 1 heterocycles. The highest BCUT2D eigenvalue weighted by molar-refractivity contribution is 4.87. The van der Waals surface area contributed by atoms with E-state index in [0.29, 0.717) is 11.5 Å². The molecule has 0 saturated carbocycles. The lowest BCUT2D eigenvalue weighted by Crippen LogP contribution is -2.50.